The number of hydrogen-bond acceptors (Lipinski definition) is 5. The van der Waals surface area contributed by atoms with Crippen LogP contribution in [0.15, 0.2) is 36.7 Å². The number of benzene rings is 1. The smallest absolute Gasteiger partial charge is 0.140 e. The summed E-state index contributed by atoms with van der Waals surface area (Å²) in [6.07, 6.45) is 1.62. The average Bonchev–Trinajstić information content (AvgIpc) is 2.81. The molecule has 0 fully saturated rings. The van der Waals surface area contributed by atoms with Gasteiger partial charge in [0.2, 0.25) is 0 Å². The second kappa shape index (κ2) is 5.09. The molecule has 3 aromatic rings. The normalized spacial score (nSPS) is 10.9. The SMILES string of the molecule is Cc1cc2c(N(C)Cc3ccccc3N)ncnc2s1. The summed E-state index contributed by atoms with van der Waals surface area (Å²) in [6.45, 7) is 2.82. The summed E-state index contributed by atoms with van der Waals surface area (Å²) >= 11 is 1.69. The summed E-state index contributed by atoms with van der Waals surface area (Å²) in [5.74, 6) is 0.947. The van der Waals surface area contributed by atoms with Crippen LogP contribution in [0, 0.1) is 6.92 Å². The molecule has 0 radical (unpaired) electrons. The zero-order valence-electron chi connectivity index (χ0n) is 11.5. The van der Waals surface area contributed by atoms with Crippen LogP contribution in [-0.2, 0) is 6.54 Å². The van der Waals surface area contributed by atoms with Crippen molar-refractivity contribution in [3.8, 4) is 0 Å². The lowest BCUT2D eigenvalue weighted by atomic mass is 10.1. The van der Waals surface area contributed by atoms with Crippen LogP contribution in [0.3, 0.4) is 0 Å². The fourth-order valence-corrected chi connectivity index (χ4v) is 3.12. The van der Waals surface area contributed by atoms with E-state index >= 15 is 0 Å². The van der Waals surface area contributed by atoms with Gasteiger partial charge in [0.05, 0.1) is 5.39 Å². The number of nitrogen functional groups attached to an aromatic ring is 1. The number of anilines is 2. The minimum absolute atomic E-state index is 0.730. The molecule has 0 aliphatic heterocycles. The molecule has 0 aliphatic rings. The number of aryl methyl sites for hydroxylation is 1. The van der Waals surface area contributed by atoms with Gasteiger partial charge in [0.25, 0.3) is 0 Å². The van der Waals surface area contributed by atoms with Crippen molar-refractivity contribution in [1.82, 2.24) is 9.97 Å². The van der Waals surface area contributed by atoms with E-state index in [0.29, 0.717) is 0 Å². The van der Waals surface area contributed by atoms with E-state index in [0.717, 1.165) is 33.8 Å². The van der Waals surface area contributed by atoms with Crippen molar-refractivity contribution in [3.05, 3.63) is 47.1 Å². The van der Waals surface area contributed by atoms with Gasteiger partial charge in [0.15, 0.2) is 0 Å². The monoisotopic (exact) mass is 284 g/mol. The molecule has 0 atom stereocenters. The molecule has 0 bridgehead atoms. The number of nitrogens with zero attached hydrogens (tertiary/aromatic N) is 3. The third kappa shape index (κ3) is 2.32. The topological polar surface area (TPSA) is 55.0 Å². The van der Waals surface area contributed by atoms with Crippen molar-refractivity contribution in [2.24, 2.45) is 0 Å². The Morgan fingerprint density at radius 3 is 2.85 bits per heavy atom. The van der Waals surface area contributed by atoms with E-state index < -0.39 is 0 Å². The van der Waals surface area contributed by atoms with Gasteiger partial charge in [-0.2, -0.15) is 0 Å². The second-order valence-electron chi connectivity index (χ2n) is 4.83. The zero-order chi connectivity index (χ0) is 14.1. The minimum Gasteiger partial charge on any atom is -0.398 e. The molecule has 0 amide bonds. The first-order valence-corrected chi connectivity index (χ1v) is 7.22. The Morgan fingerprint density at radius 1 is 1.25 bits per heavy atom. The molecule has 0 aliphatic carbocycles. The van der Waals surface area contributed by atoms with Gasteiger partial charge in [-0.3, -0.25) is 0 Å². The highest BCUT2D eigenvalue weighted by molar-refractivity contribution is 7.18. The first kappa shape index (κ1) is 12.9. The summed E-state index contributed by atoms with van der Waals surface area (Å²) in [6, 6.07) is 10.1. The third-order valence-electron chi connectivity index (χ3n) is 3.26. The Kier molecular flexibility index (Phi) is 3.28. The molecule has 4 nitrogen and oxygen atoms in total. The van der Waals surface area contributed by atoms with Crippen molar-refractivity contribution in [1.29, 1.82) is 0 Å². The fourth-order valence-electron chi connectivity index (χ4n) is 2.28. The lowest BCUT2D eigenvalue weighted by Gasteiger charge is -2.19. The molecule has 1 aromatic carbocycles. The number of nitrogens with two attached hydrogens (primary N) is 1. The summed E-state index contributed by atoms with van der Waals surface area (Å²) in [4.78, 5) is 13.1. The predicted octanol–water partition coefficient (Wildman–Crippen LogP) is 3.22. The molecule has 5 heteroatoms. The maximum absolute atomic E-state index is 6.01. The number of fused-ring (bicyclic) bond motifs is 1. The van der Waals surface area contributed by atoms with Gasteiger partial charge in [-0.1, -0.05) is 18.2 Å². The average molecular weight is 284 g/mol. The lowest BCUT2D eigenvalue weighted by Crippen LogP contribution is -2.18. The minimum atomic E-state index is 0.730. The molecule has 2 aromatic heterocycles. The van der Waals surface area contributed by atoms with Crippen LogP contribution in [0.25, 0.3) is 10.2 Å². The Morgan fingerprint density at radius 2 is 2.05 bits per heavy atom. The number of hydrogen-bond donors (Lipinski definition) is 1. The van der Waals surface area contributed by atoms with Gasteiger partial charge in [-0.15, -0.1) is 11.3 Å². The van der Waals surface area contributed by atoms with Crippen molar-refractivity contribution in [2.45, 2.75) is 13.5 Å². The molecule has 3 rings (SSSR count). The Labute approximate surface area is 121 Å². The highest BCUT2D eigenvalue weighted by Crippen LogP contribution is 2.30. The molecule has 20 heavy (non-hydrogen) atoms. The van der Waals surface area contributed by atoms with E-state index in [2.05, 4.69) is 27.9 Å². The van der Waals surface area contributed by atoms with Crippen LogP contribution in [0.1, 0.15) is 10.4 Å². The van der Waals surface area contributed by atoms with Crippen LogP contribution in [0.2, 0.25) is 0 Å². The van der Waals surface area contributed by atoms with E-state index in [9.17, 15) is 0 Å². The van der Waals surface area contributed by atoms with Crippen molar-refractivity contribution >= 4 is 33.1 Å². The summed E-state index contributed by atoms with van der Waals surface area (Å²) in [7, 11) is 2.03. The van der Waals surface area contributed by atoms with Crippen LogP contribution < -0.4 is 10.6 Å². The number of thiophene rings is 1. The molecule has 0 saturated carbocycles. The quantitative estimate of drug-likeness (QED) is 0.750. The maximum atomic E-state index is 6.01. The Balaban J connectivity index is 1.97. The molecular formula is C15H16N4S. The van der Waals surface area contributed by atoms with Gasteiger partial charge in [-0.05, 0) is 24.6 Å². The third-order valence-corrected chi connectivity index (χ3v) is 4.21. The summed E-state index contributed by atoms with van der Waals surface area (Å²) in [5.41, 5.74) is 7.92. The molecule has 102 valence electrons. The molecule has 2 N–H and O–H groups in total. The van der Waals surface area contributed by atoms with Crippen LogP contribution in [0.4, 0.5) is 11.5 Å². The first-order chi connectivity index (χ1) is 9.65. The summed E-state index contributed by atoms with van der Waals surface area (Å²) < 4.78 is 0. The van der Waals surface area contributed by atoms with Crippen molar-refractivity contribution < 1.29 is 0 Å². The van der Waals surface area contributed by atoms with Gasteiger partial charge in [0, 0.05) is 24.2 Å². The van der Waals surface area contributed by atoms with E-state index in [1.807, 2.05) is 31.3 Å². The Bertz CT molecular complexity index is 750. The molecule has 0 spiro atoms. The van der Waals surface area contributed by atoms with Crippen LogP contribution in [-0.4, -0.2) is 17.0 Å². The van der Waals surface area contributed by atoms with E-state index in [4.69, 9.17) is 5.73 Å². The highest BCUT2D eigenvalue weighted by Gasteiger charge is 2.12. The van der Waals surface area contributed by atoms with E-state index in [1.54, 1.807) is 17.7 Å². The van der Waals surface area contributed by atoms with Gasteiger partial charge in [-0.25, -0.2) is 9.97 Å². The number of para-hydroxylation sites is 1. The predicted molar refractivity (Wildman–Crippen MR) is 85.1 cm³/mol. The lowest BCUT2D eigenvalue weighted by molar-refractivity contribution is 0.903. The van der Waals surface area contributed by atoms with Crippen LogP contribution >= 0.6 is 11.3 Å². The van der Waals surface area contributed by atoms with E-state index in [1.165, 1.54) is 4.88 Å². The van der Waals surface area contributed by atoms with Gasteiger partial charge in [0.1, 0.15) is 17.0 Å². The zero-order valence-corrected chi connectivity index (χ0v) is 12.3. The molecule has 2 heterocycles. The molecule has 0 saturated heterocycles. The van der Waals surface area contributed by atoms with Gasteiger partial charge >= 0.3 is 0 Å². The number of aromatic nitrogens is 2. The standard InChI is InChI=1S/C15H16N4S/c1-10-7-12-14(17-9-18-15(12)20-10)19(2)8-11-5-3-4-6-13(11)16/h3-7,9H,8,16H2,1-2H3. The van der Waals surface area contributed by atoms with Gasteiger partial charge < -0.3 is 10.6 Å². The fraction of sp³-hybridized carbons (Fsp3) is 0.200. The largest absolute Gasteiger partial charge is 0.398 e. The summed E-state index contributed by atoms with van der Waals surface area (Å²) in [5, 5.41) is 1.10. The van der Waals surface area contributed by atoms with E-state index in [-0.39, 0.29) is 0 Å². The first-order valence-electron chi connectivity index (χ1n) is 6.41. The second-order valence-corrected chi connectivity index (χ2v) is 6.06. The van der Waals surface area contributed by atoms with Crippen molar-refractivity contribution in [3.63, 3.8) is 0 Å². The maximum Gasteiger partial charge on any atom is 0.140 e. The highest BCUT2D eigenvalue weighted by atomic mass is 32.1. The van der Waals surface area contributed by atoms with Crippen molar-refractivity contribution in [2.75, 3.05) is 17.7 Å². The molecule has 0 unspecified atom stereocenters. The van der Waals surface area contributed by atoms with Crippen LogP contribution in [0.5, 0.6) is 0 Å². The Hall–Kier alpha value is -2.14. The molecular weight excluding hydrogens is 268 g/mol. The number of rotatable bonds is 3.